The number of hydrogen-bond acceptors (Lipinski definition) is 4. The number of para-hydroxylation sites is 1. The van der Waals surface area contributed by atoms with E-state index in [4.69, 9.17) is 0 Å². The summed E-state index contributed by atoms with van der Waals surface area (Å²) < 4.78 is 1.79. The fourth-order valence-electron chi connectivity index (χ4n) is 2.79. The van der Waals surface area contributed by atoms with E-state index < -0.39 is 0 Å². The first kappa shape index (κ1) is 20.7. The minimum atomic E-state index is -0.111. The summed E-state index contributed by atoms with van der Waals surface area (Å²) in [6.07, 6.45) is 3.68. The zero-order chi connectivity index (χ0) is 20.6. The zero-order valence-electron chi connectivity index (χ0n) is 16.5. The largest absolute Gasteiger partial charge is 0.341 e. The molecule has 0 spiro atoms. The van der Waals surface area contributed by atoms with Crippen LogP contribution in [-0.4, -0.2) is 45.0 Å². The van der Waals surface area contributed by atoms with Gasteiger partial charge in [0.25, 0.3) is 0 Å². The van der Waals surface area contributed by atoms with Crippen molar-refractivity contribution in [1.82, 2.24) is 14.7 Å². The van der Waals surface area contributed by atoms with Gasteiger partial charge >= 0.3 is 0 Å². The molecule has 0 atom stereocenters. The number of amides is 2. The summed E-state index contributed by atoms with van der Waals surface area (Å²) in [4.78, 5) is 26.0. The van der Waals surface area contributed by atoms with Crippen LogP contribution in [0.25, 0.3) is 5.69 Å². The molecular formula is C22H24N4O2S. The van der Waals surface area contributed by atoms with Crippen molar-refractivity contribution in [2.45, 2.75) is 13.5 Å². The van der Waals surface area contributed by atoms with Crippen LogP contribution in [0.3, 0.4) is 0 Å². The first-order valence-electron chi connectivity index (χ1n) is 9.28. The van der Waals surface area contributed by atoms with Gasteiger partial charge < -0.3 is 10.2 Å². The predicted molar refractivity (Wildman–Crippen MR) is 117 cm³/mol. The molecule has 150 valence electrons. The van der Waals surface area contributed by atoms with Gasteiger partial charge in [0.1, 0.15) is 0 Å². The number of nitrogens with one attached hydrogen (secondary N) is 1. The molecule has 1 heterocycles. The number of benzene rings is 2. The van der Waals surface area contributed by atoms with E-state index in [1.807, 2.05) is 67.7 Å². The van der Waals surface area contributed by atoms with Crippen molar-refractivity contribution in [3.8, 4) is 5.69 Å². The van der Waals surface area contributed by atoms with Crippen LogP contribution in [0.5, 0.6) is 0 Å². The first-order valence-corrected chi connectivity index (χ1v) is 10.4. The maximum atomic E-state index is 12.4. The molecule has 0 bridgehead atoms. The second-order valence-electron chi connectivity index (χ2n) is 6.79. The normalized spacial score (nSPS) is 10.6. The van der Waals surface area contributed by atoms with E-state index in [0.717, 1.165) is 22.5 Å². The number of anilines is 1. The molecule has 0 saturated heterocycles. The third-order valence-electron chi connectivity index (χ3n) is 4.26. The van der Waals surface area contributed by atoms with E-state index in [1.165, 1.54) is 11.8 Å². The van der Waals surface area contributed by atoms with Crippen LogP contribution >= 0.6 is 11.8 Å². The number of rotatable bonds is 8. The van der Waals surface area contributed by atoms with E-state index in [-0.39, 0.29) is 23.3 Å². The summed E-state index contributed by atoms with van der Waals surface area (Å²) in [6.45, 7) is 2.45. The molecule has 1 N–H and O–H groups in total. The van der Waals surface area contributed by atoms with Crippen LogP contribution in [0, 0.1) is 6.92 Å². The molecule has 0 aliphatic carbocycles. The number of aryl methyl sites for hydroxylation is 1. The molecule has 0 aliphatic rings. The Bertz CT molecular complexity index is 972. The fourth-order valence-corrected chi connectivity index (χ4v) is 3.54. The van der Waals surface area contributed by atoms with Gasteiger partial charge in [-0.25, -0.2) is 4.68 Å². The Morgan fingerprint density at radius 3 is 2.66 bits per heavy atom. The molecule has 2 aromatic carbocycles. The van der Waals surface area contributed by atoms with Crippen molar-refractivity contribution in [2.24, 2.45) is 0 Å². The highest BCUT2D eigenvalue weighted by molar-refractivity contribution is 8.00. The van der Waals surface area contributed by atoms with Crippen molar-refractivity contribution >= 4 is 29.3 Å². The van der Waals surface area contributed by atoms with Gasteiger partial charge in [0, 0.05) is 31.0 Å². The number of thioether (sulfide) groups is 1. The predicted octanol–water partition coefficient (Wildman–Crippen LogP) is 3.51. The number of carbonyl (C=O) groups excluding carboxylic acids is 2. The molecule has 0 saturated carbocycles. The quantitative estimate of drug-likeness (QED) is 0.619. The maximum absolute atomic E-state index is 12.4. The molecule has 0 unspecified atom stereocenters. The molecule has 0 radical (unpaired) electrons. The SMILES string of the molecule is Cc1cccc(NC(=O)CSCC(=O)N(C)Cc2cnn(-c3ccccc3)c2)c1. The van der Waals surface area contributed by atoms with E-state index in [2.05, 4.69) is 10.4 Å². The van der Waals surface area contributed by atoms with Crippen LogP contribution < -0.4 is 5.32 Å². The van der Waals surface area contributed by atoms with Crippen molar-refractivity contribution < 1.29 is 9.59 Å². The van der Waals surface area contributed by atoms with E-state index in [0.29, 0.717) is 6.54 Å². The van der Waals surface area contributed by atoms with E-state index in [1.54, 1.807) is 22.8 Å². The van der Waals surface area contributed by atoms with Gasteiger partial charge in [0.05, 0.1) is 23.4 Å². The molecule has 7 heteroatoms. The second-order valence-corrected chi connectivity index (χ2v) is 7.77. The highest BCUT2D eigenvalue weighted by Gasteiger charge is 2.12. The van der Waals surface area contributed by atoms with Gasteiger partial charge in [0.2, 0.25) is 11.8 Å². The Hall–Kier alpha value is -3.06. The smallest absolute Gasteiger partial charge is 0.234 e. The lowest BCUT2D eigenvalue weighted by Gasteiger charge is -2.16. The van der Waals surface area contributed by atoms with Gasteiger partial charge in [-0.1, -0.05) is 30.3 Å². The van der Waals surface area contributed by atoms with Crippen LogP contribution in [-0.2, 0) is 16.1 Å². The first-order chi connectivity index (χ1) is 14.0. The second kappa shape index (κ2) is 9.93. The average Bonchev–Trinajstić information content (AvgIpc) is 3.17. The Kier molecular flexibility index (Phi) is 7.08. The Balaban J connectivity index is 1.42. The molecular weight excluding hydrogens is 384 g/mol. The monoisotopic (exact) mass is 408 g/mol. The highest BCUT2D eigenvalue weighted by Crippen LogP contribution is 2.12. The Morgan fingerprint density at radius 1 is 1.10 bits per heavy atom. The van der Waals surface area contributed by atoms with Gasteiger partial charge in [-0.05, 0) is 36.8 Å². The van der Waals surface area contributed by atoms with Crippen molar-refractivity contribution in [1.29, 1.82) is 0 Å². The third kappa shape index (κ3) is 6.22. The maximum Gasteiger partial charge on any atom is 0.234 e. The van der Waals surface area contributed by atoms with Crippen molar-refractivity contribution in [3.63, 3.8) is 0 Å². The van der Waals surface area contributed by atoms with Gasteiger partial charge in [-0.2, -0.15) is 5.10 Å². The van der Waals surface area contributed by atoms with Crippen LogP contribution in [0.1, 0.15) is 11.1 Å². The van der Waals surface area contributed by atoms with Gasteiger partial charge in [-0.3, -0.25) is 9.59 Å². The van der Waals surface area contributed by atoms with Crippen LogP contribution in [0.2, 0.25) is 0 Å². The topological polar surface area (TPSA) is 67.2 Å². The minimum absolute atomic E-state index is 0.0224. The highest BCUT2D eigenvalue weighted by atomic mass is 32.2. The summed E-state index contributed by atoms with van der Waals surface area (Å²) in [5.74, 6) is 0.357. The molecule has 0 fully saturated rings. The molecule has 6 nitrogen and oxygen atoms in total. The molecule has 29 heavy (non-hydrogen) atoms. The summed E-state index contributed by atoms with van der Waals surface area (Å²) in [5.41, 5.74) is 3.78. The van der Waals surface area contributed by atoms with E-state index in [9.17, 15) is 9.59 Å². The Labute approximate surface area is 174 Å². The fraction of sp³-hybridized carbons (Fsp3) is 0.227. The van der Waals surface area contributed by atoms with Crippen LogP contribution in [0.4, 0.5) is 5.69 Å². The molecule has 2 amide bonds. The van der Waals surface area contributed by atoms with Crippen molar-refractivity contribution in [3.05, 3.63) is 78.1 Å². The van der Waals surface area contributed by atoms with Crippen LogP contribution in [0.15, 0.2) is 67.0 Å². The van der Waals surface area contributed by atoms with Gasteiger partial charge in [0.15, 0.2) is 0 Å². The number of carbonyl (C=O) groups is 2. The lowest BCUT2D eigenvalue weighted by molar-refractivity contribution is -0.127. The summed E-state index contributed by atoms with van der Waals surface area (Å²) in [6, 6.07) is 17.5. The number of aromatic nitrogens is 2. The summed E-state index contributed by atoms with van der Waals surface area (Å²) >= 11 is 1.31. The standard InChI is InChI=1S/C22H24N4O2S/c1-17-7-6-8-19(11-17)24-21(27)15-29-16-22(28)25(2)13-18-12-23-26(14-18)20-9-4-3-5-10-20/h3-12,14H,13,15-16H2,1-2H3,(H,24,27). The third-order valence-corrected chi connectivity index (χ3v) is 5.18. The molecule has 3 aromatic rings. The molecule has 3 rings (SSSR count). The molecule has 1 aromatic heterocycles. The summed E-state index contributed by atoms with van der Waals surface area (Å²) in [7, 11) is 1.76. The number of hydrogen-bond donors (Lipinski definition) is 1. The van der Waals surface area contributed by atoms with E-state index >= 15 is 0 Å². The molecule has 0 aliphatic heterocycles. The van der Waals surface area contributed by atoms with Crippen molar-refractivity contribution in [2.75, 3.05) is 23.9 Å². The lowest BCUT2D eigenvalue weighted by atomic mass is 10.2. The lowest BCUT2D eigenvalue weighted by Crippen LogP contribution is -2.28. The summed E-state index contributed by atoms with van der Waals surface area (Å²) in [5, 5.41) is 7.20. The average molecular weight is 409 g/mol. The Morgan fingerprint density at radius 2 is 1.90 bits per heavy atom. The minimum Gasteiger partial charge on any atom is -0.341 e. The number of nitrogens with zero attached hydrogens (tertiary/aromatic N) is 3. The van der Waals surface area contributed by atoms with Gasteiger partial charge in [-0.15, -0.1) is 11.8 Å². The zero-order valence-corrected chi connectivity index (χ0v) is 17.4.